The maximum Gasteiger partial charge on any atom is 0.151 e. The van der Waals surface area contributed by atoms with Crippen molar-refractivity contribution in [2.75, 3.05) is 17.2 Å². The summed E-state index contributed by atoms with van der Waals surface area (Å²) in [4.78, 5) is 4.41. The zero-order valence-electron chi connectivity index (χ0n) is 11.1. The van der Waals surface area contributed by atoms with Crippen LogP contribution in [0.2, 0.25) is 10.0 Å². The highest BCUT2D eigenvalue weighted by Crippen LogP contribution is 2.33. The van der Waals surface area contributed by atoms with Crippen LogP contribution in [0.15, 0.2) is 28.7 Å². The maximum absolute atomic E-state index is 6.18. The van der Waals surface area contributed by atoms with E-state index in [9.17, 15) is 0 Å². The standard InChI is InChI=1S/C14H14BrCl2N3/c1-3-18-13-10(16)7-11(17)14(20-13)19-12-5-4-8(2)6-9(12)15/h4-7H,3H2,1-2H3,(H2,18,19,20). The molecule has 2 aromatic rings. The Morgan fingerprint density at radius 2 is 1.85 bits per heavy atom. The van der Waals surface area contributed by atoms with E-state index in [-0.39, 0.29) is 0 Å². The van der Waals surface area contributed by atoms with E-state index in [1.54, 1.807) is 6.07 Å². The fourth-order valence-electron chi connectivity index (χ4n) is 1.69. The highest BCUT2D eigenvalue weighted by Gasteiger charge is 2.10. The third kappa shape index (κ3) is 3.57. The molecule has 0 spiro atoms. The van der Waals surface area contributed by atoms with Crippen LogP contribution < -0.4 is 10.6 Å². The Morgan fingerprint density at radius 3 is 2.50 bits per heavy atom. The van der Waals surface area contributed by atoms with Gasteiger partial charge in [-0.15, -0.1) is 0 Å². The second-order valence-electron chi connectivity index (χ2n) is 4.29. The summed E-state index contributed by atoms with van der Waals surface area (Å²) >= 11 is 15.8. The third-order valence-corrected chi connectivity index (χ3v) is 3.88. The average molecular weight is 375 g/mol. The summed E-state index contributed by atoms with van der Waals surface area (Å²) in [6.45, 7) is 4.75. The highest BCUT2D eigenvalue weighted by molar-refractivity contribution is 9.10. The normalized spacial score (nSPS) is 10.4. The molecule has 0 bridgehead atoms. The molecule has 2 rings (SSSR count). The van der Waals surface area contributed by atoms with Crippen molar-refractivity contribution in [3.05, 3.63) is 44.3 Å². The maximum atomic E-state index is 6.18. The lowest BCUT2D eigenvalue weighted by Crippen LogP contribution is -2.03. The molecular formula is C14H14BrCl2N3. The molecule has 0 atom stereocenters. The zero-order valence-corrected chi connectivity index (χ0v) is 14.2. The summed E-state index contributed by atoms with van der Waals surface area (Å²) in [5.41, 5.74) is 2.07. The number of halogens is 3. The third-order valence-electron chi connectivity index (χ3n) is 2.65. The van der Waals surface area contributed by atoms with E-state index >= 15 is 0 Å². The molecule has 3 nitrogen and oxygen atoms in total. The van der Waals surface area contributed by atoms with E-state index in [1.165, 1.54) is 5.56 Å². The van der Waals surface area contributed by atoms with E-state index in [4.69, 9.17) is 23.2 Å². The van der Waals surface area contributed by atoms with Crippen molar-refractivity contribution in [3.8, 4) is 0 Å². The van der Waals surface area contributed by atoms with E-state index in [0.717, 1.165) is 16.7 Å². The predicted octanol–water partition coefficient (Wildman–Crippen LogP) is 5.63. The van der Waals surface area contributed by atoms with Gasteiger partial charge in [0.2, 0.25) is 0 Å². The Balaban J connectivity index is 2.35. The number of aromatic nitrogens is 1. The lowest BCUT2D eigenvalue weighted by molar-refractivity contribution is 1.16. The van der Waals surface area contributed by atoms with E-state index in [2.05, 4.69) is 31.5 Å². The van der Waals surface area contributed by atoms with Crippen molar-refractivity contribution in [2.24, 2.45) is 0 Å². The number of hydrogen-bond donors (Lipinski definition) is 2. The van der Waals surface area contributed by atoms with Gasteiger partial charge in [0, 0.05) is 11.0 Å². The van der Waals surface area contributed by atoms with Gasteiger partial charge in [-0.2, -0.15) is 0 Å². The largest absolute Gasteiger partial charge is 0.369 e. The van der Waals surface area contributed by atoms with Gasteiger partial charge in [0.15, 0.2) is 5.82 Å². The molecule has 0 aliphatic rings. The molecule has 2 N–H and O–H groups in total. The van der Waals surface area contributed by atoms with E-state index < -0.39 is 0 Å². The van der Waals surface area contributed by atoms with Crippen LogP contribution in [-0.4, -0.2) is 11.5 Å². The molecule has 0 radical (unpaired) electrons. The van der Waals surface area contributed by atoms with Crippen LogP contribution in [0.25, 0.3) is 0 Å². The minimum atomic E-state index is 0.476. The molecule has 1 aromatic carbocycles. The van der Waals surface area contributed by atoms with E-state index in [0.29, 0.717) is 21.7 Å². The molecule has 0 unspecified atom stereocenters. The van der Waals surface area contributed by atoms with Gasteiger partial charge < -0.3 is 10.6 Å². The van der Waals surface area contributed by atoms with Gasteiger partial charge >= 0.3 is 0 Å². The Hall–Kier alpha value is -0.970. The summed E-state index contributed by atoms with van der Waals surface area (Å²) in [7, 11) is 0. The van der Waals surface area contributed by atoms with E-state index in [1.807, 2.05) is 32.0 Å². The van der Waals surface area contributed by atoms with Crippen molar-refractivity contribution in [2.45, 2.75) is 13.8 Å². The second kappa shape index (κ2) is 6.66. The Kier molecular flexibility index (Phi) is 5.13. The van der Waals surface area contributed by atoms with Gasteiger partial charge in [0.25, 0.3) is 0 Å². The van der Waals surface area contributed by atoms with Crippen LogP contribution in [0.5, 0.6) is 0 Å². The SMILES string of the molecule is CCNc1nc(Nc2ccc(C)cc2Br)c(Cl)cc1Cl. The minimum absolute atomic E-state index is 0.476. The topological polar surface area (TPSA) is 37.0 Å². The first-order chi connectivity index (χ1) is 9.51. The summed E-state index contributed by atoms with van der Waals surface area (Å²) in [6.07, 6.45) is 0. The van der Waals surface area contributed by atoms with Crippen molar-refractivity contribution < 1.29 is 0 Å². The lowest BCUT2D eigenvalue weighted by atomic mass is 10.2. The summed E-state index contributed by atoms with van der Waals surface area (Å²) in [6, 6.07) is 7.69. The van der Waals surface area contributed by atoms with Gasteiger partial charge in [-0.25, -0.2) is 4.98 Å². The molecule has 0 amide bonds. The van der Waals surface area contributed by atoms with Crippen LogP contribution >= 0.6 is 39.1 Å². The van der Waals surface area contributed by atoms with Crippen LogP contribution in [0.1, 0.15) is 12.5 Å². The fourth-order valence-corrected chi connectivity index (χ4v) is 2.76. The number of anilines is 3. The molecule has 1 aromatic heterocycles. The molecule has 0 saturated carbocycles. The Labute approximate surface area is 136 Å². The minimum Gasteiger partial charge on any atom is -0.369 e. The van der Waals surface area contributed by atoms with Crippen molar-refractivity contribution in [3.63, 3.8) is 0 Å². The number of nitrogens with zero attached hydrogens (tertiary/aromatic N) is 1. The lowest BCUT2D eigenvalue weighted by Gasteiger charge is -2.13. The van der Waals surface area contributed by atoms with Gasteiger partial charge in [0.05, 0.1) is 15.7 Å². The second-order valence-corrected chi connectivity index (χ2v) is 5.96. The number of nitrogens with one attached hydrogen (secondary N) is 2. The molecule has 0 aliphatic carbocycles. The molecule has 6 heteroatoms. The molecule has 20 heavy (non-hydrogen) atoms. The molecule has 0 aliphatic heterocycles. The quantitative estimate of drug-likeness (QED) is 0.727. The summed E-state index contributed by atoms with van der Waals surface area (Å²) in [5, 5.41) is 7.29. The first kappa shape index (κ1) is 15.4. The molecule has 1 heterocycles. The first-order valence-corrected chi connectivity index (χ1v) is 7.69. The van der Waals surface area contributed by atoms with Crippen LogP contribution in [-0.2, 0) is 0 Å². The molecule has 0 fully saturated rings. The van der Waals surface area contributed by atoms with Gasteiger partial charge in [-0.05, 0) is 53.5 Å². The van der Waals surface area contributed by atoms with Gasteiger partial charge in [-0.3, -0.25) is 0 Å². The predicted molar refractivity (Wildman–Crippen MR) is 90.6 cm³/mol. The molecule has 0 saturated heterocycles. The number of pyridine rings is 1. The van der Waals surface area contributed by atoms with Gasteiger partial charge in [-0.1, -0.05) is 29.3 Å². The Bertz CT molecular complexity index is 632. The average Bonchev–Trinajstić information content (AvgIpc) is 2.38. The zero-order chi connectivity index (χ0) is 14.7. The fraction of sp³-hybridized carbons (Fsp3) is 0.214. The van der Waals surface area contributed by atoms with Crippen molar-refractivity contribution in [1.82, 2.24) is 4.98 Å². The molecular weight excluding hydrogens is 361 g/mol. The van der Waals surface area contributed by atoms with Crippen LogP contribution in [0.4, 0.5) is 17.3 Å². The number of rotatable bonds is 4. The molecule has 106 valence electrons. The van der Waals surface area contributed by atoms with Gasteiger partial charge in [0.1, 0.15) is 5.82 Å². The number of hydrogen-bond acceptors (Lipinski definition) is 3. The van der Waals surface area contributed by atoms with Crippen molar-refractivity contribution >= 4 is 56.5 Å². The number of benzene rings is 1. The van der Waals surface area contributed by atoms with Crippen LogP contribution in [0.3, 0.4) is 0 Å². The smallest absolute Gasteiger partial charge is 0.151 e. The Morgan fingerprint density at radius 1 is 1.15 bits per heavy atom. The first-order valence-electron chi connectivity index (χ1n) is 6.14. The summed E-state index contributed by atoms with van der Waals surface area (Å²) < 4.78 is 0.954. The van der Waals surface area contributed by atoms with Crippen LogP contribution in [0, 0.1) is 6.92 Å². The number of aryl methyl sites for hydroxylation is 1. The highest BCUT2D eigenvalue weighted by atomic mass is 79.9. The summed E-state index contributed by atoms with van der Waals surface area (Å²) in [5.74, 6) is 1.18. The monoisotopic (exact) mass is 373 g/mol. The van der Waals surface area contributed by atoms with Crippen molar-refractivity contribution in [1.29, 1.82) is 0 Å².